The number of nitrogens with one attached hydrogen (secondary N) is 2. The molecule has 7 heteroatoms. The molecule has 2 aromatic heterocycles. The largest absolute Gasteiger partial charge is 0.352 e. The highest BCUT2D eigenvalue weighted by atomic mass is 19.1. The van der Waals surface area contributed by atoms with Gasteiger partial charge in [0, 0.05) is 25.7 Å². The van der Waals surface area contributed by atoms with Gasteiger partial charge in [0.1, 0.15) is 17.2 Å². The van der Waals surface area contributed by atoms with Gasteiger partial charge in [-0.25, -0.2) is 9.37 Å². The average Bonchev–Trinajstić information content (AvgIpc) is 3.05. The van der Waals surface area contributed by atoms with Crippen molar-refractivity contribution in [3.8, 4) is 0 Å². The van der Waals surface area contributed by atoms with Gasteiger partial charge in [0.05, 0.1) is 5.69 Å². The summed E-state index contributed by atoms with van der Waals surface area (Å²) >= 11 is 0. The summed E-state index contributed by atoms with van der Waals surface area (Å²) in [5.74, 6) is -0.457. The third-order valence-electron chi connectivity index (χ3n) is 4.69. The third kappa shape index (κ3) is 5.63. The van der Waals surface area contributed by atoms with E-state index in [4.69, 9.17) is 0 Å². The minimum absolute atomic E-state index is 0.0280. The number of rotatable bonds is 9. The minimum atomic E-state index is -0.288. The summed E-state index contributed by atoms with van der Waals surface area (Å²) in [6, 6.07) is 11.7. The Morgan fingerprint density at radius 3 is 2.62 bits per heavy atom. The number of fused-ring (bicyclic) bond motifs is 1. The van der Waals surface area contributed by atoms with Gasteiger partial charge < -0.3 is 10.6 Å². The Bertz CT molecular complexity index is 982. The zero-order valence-electron chi connectivity index (χ0n) is 16.5. The highest BCUT2D eigenvalue weighted by Gasteiger charge is 2.15. The van der Waals surface area contributed by atoms with E-state index in [2.05, 4.69) is 15.6 Å². The SMILES string of the molecule is Cc1nc2ccccn2c1C(=O)NCCCCCC(=O)NCc1ccc(F)cc1. The lowest BCUT2D eigenvalue weighted by Gasteiger charge is -2.07. The molecule has 0 atom stereocenters. The van der Waals surface area contributed by atoms with Crippen molar-refractivity contribution in [2.75, 3.05) is 6.54 Å². The lowest BCUT2D eigenvalue weighted by atomic mass is 10.1. The molecule has 29 heavy (non-hydrogen) atoms. The Morgan fingerprint density at radius 2 is 1.83 bits per heavy atom. The second-order valence-corrected chi connectivity index (χ2v) is 6.94. The fourth-order valence-corrected chi connectivity index (χ4v) is 3.15. The van der Waals surface area contributed by atoms with Gasteiger partial charge in [-0.2, -0.15) is 0 Å². The van der Waals surface area contributed by atoms with E-state index in [1.54, 1.807) is 16.5 Å². The fraction of sp³-hybridized carbons (Fsp3) is 0.318. The van der Waals surface area contributed by atoms with E-state index in [-0.39, 0.29) is 17.6 Å². The average molecular weight is 396 g/mol. The molecule has 2 amide bonds. The third-order valence-corrected chi connectivity index (χ3v) is 4.69. The van der Waals surface area contributed by atoms with Gasteiger partial charge in [0.2, 0.25) is 5.91 Å². The maximum Gasteiger partial charge on any atom is 0.270 e. The smallest absolute Gasteiger partial charge is 0.270 e. The van der Waals surface area contributed by atoms with Crippen molar-refractivity contribution in [1.82, 2.24) is 20.0 Å². The molecule has 0 unspecified atom stereocenters. The van der Waals surface area contributed by atoms with E-state index in [9.17, 15) is 14.0 Å². The minimum Gasteiger partial charge on any atom is -0.352 e. The zero-order chi connectivity index (χ0) is 20.6. The van der Waals surface area contributed by atoms with Crippen LogP contribution in [0.5, 0.6) is 0 Å². The molecule has 0 saturated heterocycles. The number of pyridine rings is 1. The first-order valence-electron chi connectivity index (χ1n) is 9.77. The van der Waals surface area contributed by atoms with Crippen LogP contribution in [0, 0.1) is 12.7 Å². The van der Waals surface area contributed by atoms with E-state index in [0.29, 0.717) is 30.9 Å². The van der Waals surface area contributed by atoms with Crippen LogP contribution in [0.4, 0.5) is 4.39 Å². The predicted octanol–water partition coefficient (Wildman–Crippen LogP) is 3.39. The molecule has 0 aliphatic heterocycles. The summed E-state index contributed by atoms with van der Waals surface area (Å²) < 4.78 is 14.6. The van der Waals surface area contributed by atoms with Crippen molar-refractivity contribution < 1.29 is 14.0 Å². The number of aromatic nitrogens is 2. The molecule has 0 bridgehead atoms. The van der Waals surface area contributed by atoms with Gasteiger partial charge in [0.15, 0.2) is 0 Å². The second kappa shape index (κ2) is 9.82. The quantitative estimate of drug-likeness (QED) is 0.545. The molecule has 152 valence electrons. The molecule has 0 aliphatic carbocycles. The van der Waals surface area contributed by atoms with Crippen molar-refractivity contribution in [2.45, 2.75) is 39.2 Å². The maximum absolute atomic E-state index is 12.9. The first-order chi connectivity index (χ1) is 14.0. The molecule has 3 rings (SSSR count). The van der Waals surface area contributed by atoms with Crippen LogP contribution in [0.1, 0.15) is 47.4 Å². The number of carbonyl (C=O) groups is 2. The van der Waals surface area contributed by atoms with Gasteiger partial charge in [-0.3, -0.25) is 14.0 Å². The highest BCUT2D eigenvalue weighted by molar-refractivity contribution is 5.94. The summed E-state index contributed by atoms with van der Waals surface area (Å²) in [5.41, 5.74) is 2.87. The number of hydrogen-bond donors (Lipinski definition) is 2. The predicted molar refractivity (Wildman–Crippen MR) is 109 cm³/mol. The van der Waals surface area contributed by atoms with Crippen LogP contribution in [-0.4, -0.2) is 27.7 Å². The molecule has 2 heterocycles. The van der Waals surface area contributed by atoms with E-state index in [1.807, 2.05) is 31.3 Å². The first kappa shape index (κ1) is 20.5. The number of amides is 2. The topological polar surface area (TPSA) is 75.5 Å². The van der Waals surface area contributed by atoms with Gasteiger partial charge in [-0.15, -0.1) is 0 Å². The van der Waals surface area contributed by atoms with Crippen LogP contribution in [0.15, 0.2) is 48.7 Å². The van der Waals surface area contributed by atoms with Crippen LogP contribution in [0.3, 0.4) is 0 Å². The number of unbranched alkanes of at least 4 members (excludes halogenated alkanes) is 2. The second-order valence-electron chi connectivity index (χ2n) is 6.94. The normalized spacial score (nSPS) is 10.8. The lowest BCUT2D eigenvalue weighted by Crippen LogP contribution is -2.26. The number of aryl methyl sites for hydroxylation is 1. The van der Waals surface area contributed by atoms with Crippen molar-refractivity contribution in [2.24, 2.45) is 0 Å². The monoisotopic (exact) mass is 396 g/mol. The standard InChI is InChI=1S/C22H25FN4O2/c1-16-21(27-14-6-4-7-19(27)26-16)22(29)24-13-5-2-3-8-20(28)25-15-17-9-11-18(23)12-10-17/h4,6-7,9-12,14H,2-3,5,8,13,15H2,1H3,(H,24,29)(H,25,28). The Labute approximate surface area is 169 Å². The molecule has 0 spiro atoms. The number of nitrogens with zero attached hydrogens (tertiary/aromatic N) is 2. The molecule has 0 aliphatic rings. The Kier molecular flexibility index (Phi) is 6.94. The Morgan fingerprint density at radius 1 is 1.03 bits per heavy atom. The van der Waals surface area contributed by atoms with Crippen molar-refractivity contribution in [3.05, 3.63) is 71.4 Å². The summed E-state index contributed by atoms with van der Waals surface area (Å²) in [6.45, 7) is 2.77. The molecule has 6 nitrogen and oxygen atoms in total. The van der Waals surface area contributed by atoms with Crippen LogP contribution in [-0.2, 0) is 11.3 Å². The lowest BCUT2D eigenvalue weighted by molar-refractivity contribution is -0.121. The zero-order valence-corrected chi connectivity index (χ0v) is 16.5. The van der Waals surface area contributed by atoms with E-state index < -0.39 is 0 Å². The van der Waals surface area contributed by atoms with Gasteiger partial charge >= 0.3 is 0 Å². The summed E-state index contributed by atoms with van der Waals surface area (Å²) in [7, 11) is 0. The van der Waals surface area contributed by atoms with Crippen LogP contribution < -0.4 is 10.6 Å². The van der Waals surface area contributed by atoms with E-state index in [0.717, 1.165) is 30.5 Å². The van der Waals surface area contributed by atoms with Crippen molar-refractivity contribution in [3.63, 3.8) is 0 Å². The Hall–Kier alpha value is -3.22. The molecule has 0 saturated carbocycles. The molecule has 1 aromatic carbocycles. The number of imidazole rings is 1. The van der Waals surface area contributed by atoms with Gasteiger partial charge in [-0.1, -0.05) is 24.6 Å². The Balaban J connectivity index is 1.32. The molecule has 0 fully saturated rings. The van der Waals surface area contributed by atoms with Crippen LogP contribution in [0.25, 0.3) is 5.65 Å². The van der Waals surface area contributed by atoms with Crippen molar-refractivity contribution in [1.29, 1.82) is 0 Å². The van der Waals surface area contributed by atoms with Crippen molar-refractivity contribution >= 4 is 17.5 Å². The maximum atomic E-state index is 12.9. The summed E-state index contributed by atoms with van der Waals surface area (Å²) in [4.78, 5) is 28.7. The van der Waals surface area contributed by atoms with Gasteiger partial charge in [0.25, 0.3) is 5.91 Å². The number of carbonyl (C=O) groups excluding carboxylic acids is 2. The highest BCUT2D eigenvalue weighted by Crippen LogP contribution is 2.11. The molecular formula is C22H25FN4O2. The fourth-order valence-electron chi connectivity index (χ4n) is 3.15. The molecular weight excluding hydrogens is 371 g/mol. The summed E-state index contributed by atoms with van der Waals surface area (Å²) in [5, 5.41) is 5.75. The van der Waals surface area contributed by atoms with E-state index >= 15 is 0 Å². The molecule has 2 N–H and O–H groups in total. The molecule has 0 radical (unpaired) electrons. The van der Waals surface area contributed by atoms with Gasteiger partial charge in [-0.05, 0) is 49.6 Å². The number of benzene rings is 1. The number of halogens is 1. The molecule has 3 aromatic rings. The number of hydrogen-bond acceptors (Lipinski definition) is 3. The first-order valence-corrected chi connectivity index (χ1v) is 9.77. The van der Waals surface area contributed by atoms with Crippen LogP contribution in [0.2, 0.25) is 0 Å². The van der Waals surface area contributed by atoms with E-state index in [1.165, 1.54) is 12.1 Å². The summed E-state index contributed by atoms with van der Waals surface area (Å²) in [6.07, 6.45) is 4.65. The van der Waals surface area contributed by atoms with Crippen LogP contribution >= 0.6 is 0 Å².